The van der Waals surface area contributed by atoms with Crippen molar-refractivity contribution in [1.82, 2.24) is 9.55 Å². The van der Waals surface area contributed by atoms with E-state index < -0.39 is 0 Å². The number of pyridine rings is 1. The lowest BCUT2D eigenvalue weighted by Crippen LogP contribution is -2.12. The second kappa shape index (κ2) is 5.98. The van der Waals surface area contributed by atoms with E-state index in [0.717, 1.165) is 23.5 Å². The molecule has 22 heavy (non-hydrogen) atoms. The molecule has 0 saturated carbocycles. The zero-order valence-corrected chi connectivity index (χ0v) is 13.0. The second-order valence-corrected chi connectivity index (χ2v) is 5.14. The lowest BCUT2D eigenvalue weighted by molar-refractivity contribution is 0.787. The third-order valence-corrected chi connectivity index (χ3v) is 3.92. The van der Waals surface area contributed by atoms with Gasteiger partial charge in [0.15, 0.2) is 0 Å². The fraction of sp³-hybridized carbons (Fsp3) is 0.158. The third kappa shape index (κ3) is 2.25. The zero-order valence-electron chi connectivity index (χ0n) is 13.0. The maximum Gasteiger partial charge on any atom is 0.0956 e. The molecule has 0 bridgehead atoms. The van der Waals surface area contributed by atoms with E-state index in [4.69, 9.17) is 0 Å². The number of fused-ring (bicyclic) bond motifs is 1. The number of aromatic nitrogens is 2. The summed E-state index contributed by atoms with van der Waals surface area (Å²) in [5.41, 5.74) is 5.53. The Labute approximate surface area is 130 Å². The summed E-state index contributed by atoms with van der Waals surface area (Å²) in [6, 6.07) is 12.4. The highest BCUT2D eigenvalue weighted by Gasteiger charge is 2.18. The fourth-order valence-corrected chi connectivity index (χ4v) is 2.98. The van der Waals surface area contributed by atoms with Gasteiger partial charge in [0.05, 0.1) is 11.4 Å². The van der Waals surface area contributed by atoms with Crippen LogP contribution in [0.5, 0.6) is 0 Å². The van der Waals surface area contributed by atoms with Crippen molar-refractivity contribution in [3.05, 3.63) is 78.4 Å². The summed E-state index contributed by atoms with van der Waals surface area (Å²) in [6.45, 7) is 8.97. The first-order chi connectivity index (χ1) is 10.8. The molecule has 110 valence electrons. The van der Waals surface area contributed by atoms with E-state index in [2.05, 4.69) is 59.2 Å². The van der Waals surface area contributed by atoms with Crippen molar-refractivity contribution in [2.45, 2.75) is 20.4 Å². The van der Waals surface area contributed by atoms with Gasteiger partial charge in [-0.05, 0) is 37.6 Å². The van der Waals surface area contributed by atoms with E-state index in [9.17, 15) is 0 Å². The highest BCUT2D eigenvalue weighted by atomic mass is 15.0. The molecule has 0 fully saturated rings. The van der Waals surface area contributed by atoms with Crippen LogP contribution in [0.15, 0.2) is 66.6 Å². The molecule has 0 radical (unpaired) electrons. The van der Waals surface area contributed by atoms with Gasteiger partial charge in [-0.1, -0.05) is 24.8 Å². The van der Waals surface area contributed by atoms with E-state index in [1.54, 1.807) is 12.4 Å². The molecular weight excluding hydrogens is 270 g/mol. The molecule has 3 nitrogen and oxygen atoms in total. The normalized spacial score (nSPS) is 11.8. The van der Waals surface area contributed by atoms with Gasteiger partial charge in [0.2, 0.25) is 0 Å². The number of aryl methyl sites for hydroxylation is 2. The van der Waals surface area contributed by atoms with Crippen LogP contribution in [0.3, 0.4) is 0 Å². The van der Waals surface area contributed by atoms with E-state index in [1.807, 2.05) is 18.3 Å². The molecule has 0 aliphatic carbocycles. The largest absolute Gasteiger partial charge is 0.339 e. The van der Waals surface area contributed by atoms with Crippen LogP contribution in [0.2, 0.25) is 0 Å². The van der Waals surface area contributed by atoms with Gasteiger partial charge < -0.3 is 4.57 Å². The Morgan fingerprint density at radius 2 is 2.09 bits per heavy atom. The Morgan fingerprint density at radius 1 is 1.27 bits per heavy atom. The maximum atomic E-state index is 4.55. The Balaban J connectivity index is 2.34. The van der Waals surface area contributed by atoms with Gasteiger partial charge in [0.25, 0.3) is 0 Å². The van der Waals surface area contributed by atoms with Crippen LogP contribution in [-0.4, -0.2) is 15.3 Å². The summed E-state index contributed by atoms with van der Waals surface area (Å²) in [6.07, 6.45) is 5.22. The summed E-state index contributed by atoms with van der Waals surface area (Å²) in [7, 11) is 0. The topological polar surface area (TPSA) is 30.2 Å². The third-order valence-electron chi connectivity index (χ3n) is 3.92. The van der Waals surface area contributed by atoms with Gasteiger partial charge in [-0.2, -0.15) is 0 Å². The first-order valence-corrected chi connectivity index (χ1v) is 7.45. The molecule has 3 rings (SSSR count). The van der Waals surface area contributed by atoms with E-state index in [0.29, 0.717) is 0 Å². The number of nitrogens with zero attached hydrogens (tertiary/aromatic N) is 3. The fourth-order valence-electron chi connectivity index (χ4n) is 2.98. The quantitative estimate of drug-likeness (QED) is 0.657. The number of rotatable bonds is 4. The van der Waals surface area contributed by atoms with Gasteiger partial charge in [0, 0.05) is 41.6 Å². The monoisotopic (exact) mass is 289 g/mol. The Morgan fingerprint density at radius 3 is 2.77 bits per heavy atom. The van der Waals surface area contributed by atoms with Crippen LogP contribution in [0.25, 0.3) is 10.9 Å². The Kier molecular flexibility index (Phi) is 3.88. The number of benzene rings is 1. The molecule has 2 heterocycles. The molecule has 0 saturated heterocycles. The summed E-state index contributed by atoms with van der Waals surface area (Å²) < 4.78 is 2.31. The first kappa shape index (κ1) is 14.3. The number of hydrogen-bond donors (Lipinski definition) is 0. The van der Waals surface area contributed by atoms with E-state index in [1.165, 1.54) is 16.5 Å². The molecule has 2 aromatic heterocycles. The van der Waals surface area contributed by atoms with Gasteiger partial charge in [0.1, 0.15) is 0 Å². The predicted molar refractivity (Wildman–Crippen MR) is 92.4 cm³/mol. The molecule has 0 aliphatic rings. The van der Waals surface area contributed by atoms with Gasteiger partial charge in [-0.15, -0.1) is 0 Å². The molecular formula is C19H19N3. The minimum absolute atomic E-state index is 0.889. The lowest BCUT2D eigenvalue weighted by atomic mass is 10.0. The lowest BCUT2D eigenvalue weighted by Gasteiger charge is -2.11. The SMILES string of the molecule is C=CN=C(c1cccnc1)c1c(C)c2ccccc2n1CC. The molecule has 0 unspecified atom stereocenters. The van der Waals surface area contributed by atoms with Gasteiger partial charge in [-0.3, -0.25) is 9.98 Å². The molecule has 0 aliphatic heterocycles. The molecule has 3 heteroatoms. The van der Waals surface area contributed by atoms with Crippen molar-refractivity contribution >= 4 is 16.6 Å². The van der Waals surface area contributed by atoms with Crippen LogP contribution in [0, 0.1) is 6.92 Å². The standard InChI is InChI=1S/C19H19N3/c1-4-21-18(15-9-8-12-20-13-15)19-14(3)16-10-6-7-11-17(16)22(19)5-2/h4,6-13H,1,5H2,2-3H3. The van der Waals surface area contributed by atoms with Crippen molar-refractivity contribution in [2.24, 2.45) is 4.99 Å². The van der Waals surface area contributed by atoms with Crippen molar-refractivity contribution in [3.63, 3.8) is 0 Å². The predicted octanol–water partition coefficient (Wildman–Crippen LogP) is 4.35. The Hall–Kier alpha value is -2.68. The summed E-state index contributed by atoms with van der Waals surface area (Å²) >= 11 is 0. The van der Waals surface area contributed by atoms with Crippen LogP contribution in [-0.2, 0) is 6.54 Å². The van der Waals surface area contributed by atoms with Crippen molar-refractivity contribution in [1.29, 1.82) is 0 Å². The van der Waals surface area contributed by atoms with Crippen molar-refractivity contribution < 1.29 is 0 Å². The van der Waals surface area contributed by atoms with Crippen LogP contribution < -0.4 is 0 Å². The van der Waals surface area contributed by atoms with Gasteiger partial charge in [-0.25, -0.2) is 0 Å². The minimum atomic E-state index is 0.889. The molecule has 1 aromatic carbocycles. The summed E-state index contributed by atoms with van der Waals surface area (Å²) in [4.78, 5) is 8.78. The average Bonchev–Trinajstić information content (AvgIpc) is 2.86. The van der Waals surface area contributed by atoms with Crippen LogP contribution >= 0.6 is 0 Å². The molecule has 0 amide bonds. The van der Waals surface area contributed by atoms with Crippen LogP contribution in [0.4, 0.5) is 0 Å². The van der Waals surface area contributed by atoms with Crippen molar-refractivity contribution in [3.8, 4) is 0 Å². The van der Waals surface area contributed by atoms with E-state index in [-0.39, 0.29) is 0 Å². The molecule has 0 atom stereocenters. The number of aliphatic imine (C=N–C) groups is 1. The smallest absolute Gasteiger partial charge is 0.0956 e. The number of para-hydroxylation sites is 1. The highest BCUT2D eigenvalue weighted by molar-refractivity contribution is 6.15. The summed E-state index contributed by atoms with van der Waals surface area (Å²) in [5.74, 6) is 0. The first-order valence-electron chi connectivity index (χ1n) is 7.45. The molecule has 0 N–H and O–H groups in total. The highest BCUT2D eigenvalue weighted by Crippen LogP contribution is 2.27. The van der Waals surface area contributed by atoms with E-state index >= 15 is 0 Å². The molecule has 3 aromatic rings. The van der Waals surface area contributed by atoms with Crippen molar-refractivity contribution in [2.75, 3.05) is 0 Å². The minimum Gasteiger partial charge on any atom is -0.339 e. The maximum absolute atomic E-state index is 4.55. The zero-order chi connectivity index (χ0) is 15.5. The number of hydrogen-bond acceptors (Lipinski definition) is 2. The van der Waals surface area contributed by atoms with Crippen LogP contribution in [0.1, 0.15) is 23.7 Å². The molecule has 0 spiro atoms. The summed E-state index contributed by atoms with van der Waals surface area (Å²) in [5, 5.41) is 1.26. The van der Waals surface area contributed by atoms with Gasteiger partial charge >= 0.3 is 0 Å². The second-order valence-electron chi connectivity index (χ2n) is 5.14. The Bertz CT molecular complexity index is 842. The average molecular weight is 289 g/mol.